The van der Waals surface area contributed by atoms with E-state index in [1.54, 1.807) is 0 Å². The molecule has 0 bridgehead atoms. The van der Waals surface area contributed by atoms with Gasteiger partial charge in [0.1, 0.15) is 0 Å². The summed E-state index contributed by atoms with van der Waals surface area (Å²) in [5, 5.41) is 0. The number of allylic oxidation sites excluding steroid dienone is 5. The van der Waals surface area contributed by atoms with E-state index in [0.717, 1.165) is 24.2 Å². The minimum absolute atomic E-state index is 0. The second-order valence-corrected chi connectivity index (χ2v) is 5.90. The molecule has 2 rings (SSSR count). The summed E-state index contributed by atoms with van der Waals surface area (Å²) in [4.78, 5) is 0. The Morgan fingerprint density at radius 3 is 2.45 bits per heavy atom. The first-order valence-corrected chi connectivity index (χ1v) is 7.13. The van der Waals surface area contributed by atoms with Gasteiger partial charge in [0.15, 0.2) is 0 Å². The van der Waals surface area contributed by atoms with Gasteiger partial charge in [-0.05, 0) is 0 Å². The number of hydrogen-bond donors (Lipinski definition) is 0. The Kier molecular flexibility index (Phi) is 8.46. The number of rotatable bonds is 4. The molecule has 0 aromatic rings. The molecule has 0 radical (unpaired) electrons. The molecule has 0 saturated heterocycles. The van der Waals surface area contributed by atoms with E-state index in [1.807, 2.05) is 19.9 Å². The summed E-state index contributed by atoms with van der Waals surface area (Å²) < 4.78 is 13.6. The molecule has 0 fully saturated rings. The maximum Gasteiger partial charge on any atom is -1.00 e. The van der Waals surface area contributed by atoms with Crippen molar-refractivity contribution in [3.8, 4) is 0 Å². The fourth-order valence-electron chi connectivity index (χ4n) is 2.15. The Labute approximate surface area is 145 Å². The number of hydrogen-bond acceptors (Lipinski definition) is 2. The zero-order valence-corrected chi connectivity index (χ0v) is 15.0. The van der Waals surface area contributed by atoms with Crippen molar-refractivity contribution < 1.29 is 54.7 Å². The van der Waals surface area contributed by atoms with Gasteiger partial charge in [-0.3, -0.25) is 0 Å². The van der Waals surface area contributed by atoms with Crippen LogP contribution in [0.1, 0.15) is 33.6 Å². The van der Waals surface area contributed by atoms with Crippen LogP contribution >= 0.6 is 0 Å². The molecule has 0 heterocycles. The van der Waals surface area contributed by atoms with Gasteiger partial charge in [0, 0.05) is 0 Å². The third-order valence-corrected chi connectivity index (χ3v) is 3.76. The van der Waals surface area contributed by atoms with E-state index in [1.165, 1.54) is 3.88 Å². The van der Waals surface area contributed by atoms with Crippen LogP contribution in [0.25, 0.3) is 0 Å². The molecule has 0 spiro atoms. The average Bonchev–Trinajstić information content (AvgIpc) is 2.68. The summed E-state index contributed by atoms with van der Waals surface area (Å²) in [5.41, 5.74) is 1.12. The summed E-state index contributed by atoms with van der Waals surface area (Å²) in [6.45, 7) is 6.16. The first kappa shape index (κ1) is 20.0. The van der Waals surface area contributed by atoms with Crippen LogP contribution in [0.5, 0.6) is 0 Å². The second-order valence-electron chi connectivity index (χ2n) is 4.95. The van der Waals surface area contributed by atoms with Crippen LogP contribution < -0.4 is 24.8 Å². The first-order chi connectivity index (χ1) is 8.53. The molecule has 2 aliphatic rings. The maximum atomic E-state index is 6.23. The Hall–Kier alpha value is 0.0143. The fourth-order valence-corrected chi connectivity index (χ4v) is 2.54. The molecule has 2 aliphatic carbocycles. The third kappa shape index (κ3) is 4.51. The first-order valence-electron chi connectivity index (χ1n) is 6.35. The van der Waals surface area contributed by atoms with Gasteiger partial charge in [-0.1, -0.05) is 0 Å². The van der Waals surface area contributed by atoms with Crippen molar-refractivity contribution in [1.29, 1.82) is 0 Å². The van der Waals surface area contributed by atoms with Gasteiger partial charge in [-0.15, -0.1) is 0 Å². The largest absolute Gasteiger partial charge is 1.00 e. The van der Waals surface area contributed by atoms with Crippen molar-refractivity contribution in [2.24, 2.45) is 0 Å². The molecule has 0 N–H and O–H groups in total. The second kappa shape index (κ2) is 8.46. The Morgan fingerprint density at radius 2 is 1.95 bits per heavy atom. The summed E-state index contributed by atoms with van der Waals surface area (Å²) in [6, 6.07) is 0. The van der Waals surface area contributed by atoms with Crippen molar-refractivity contribution in [1.82, 2.24) is 0 Å². The molecule has 20 heavy (non-hydrogen) atoms. The molecule has 0 aromatic carbocycles. The van der Waals surface area contributed by atoms with Gasteiger partial charge in [0.2, 0.25) is 0 Å². The Balaban J connectivity index is 0.00000180. The van der Waals surface area contributed by atoms with Crippen molar-refractivity contribution in [2.45, 2.75) is 45.5 Å². The van der Waals surface area contributed by atoms with Crippen molar-refractivity contribution in [2.75, 3.05) is 0 Å². The fraction of sp³-hybridized carbons (Fsp3) is 0.467. The van der Waals surface area contributed by atoms with E-state index in [4.69, 9.17) is 9.47 Å². The standard InChI is InChI=1S/C15H19O2.2ClH.Ti/c1-12(2)16-15(11-7-6-8-13(15)3)17-14-9-4-5-10-14;;;/h4,6-9,12H,5,11H2,1-3H3;2*1H;/q;;;+2/p-2. The average molecular weight is 350 g/mol. The van der Waals surface area contributed by atoms with Gasteiger partial charge < -0.3 is 24.8 Å². The zero-order valence-electron chi connectivity index (χ0n) is 12.0. The maximum absolute atomic E-state index is 6.23. The quantitative estimate of drug-likeness (QED) is 0.422. The molecule has 5 heteroatoms. The predicted octanol–water partition coefficient (Wildman–Crippen LogP) is -2.24. The van der Waals surface area contributed by atoms with Crippen LogP contribution in [0.2, 0.25) is 0 Å². The molecular weight excluding hydrogens is 331 g/mol. The minimum Gasteiger partial charge on any atom is -1.00 e. The van der Waals surface area contributed by atoms with E-state index in [2.05, 4.69) is 51.7 Å². The SMILES string of the molecule is CC1=CC=CCC1(OC1=[C]([Ti+2])CC=C1)OC(C)C.[Cl-].[Cl-]. The van der Waals surface area contributed by atoms with Gasteiger partial charge in [0.05, 0.1) is 0 Å². The molecule has 0 aromatic heterocycles. The summed E-state index contributed by atoms with van der Waals surface area (Å²) in [5.74, 6) is 0.326. The Morgan fingerprint density at radius 1 is 1.25 bits per heavy atom. The van der Waals surface area contributed by atoms with Crippen LogP contribution in [0.3, 0.4) is 0 Å². The van der Waals surface area contributed by atoms with Crippen molar-refractivity contribution in [3.63, 3.8) is 0 Å². The predicted molar refractivity (Wildman–Crippen MR) is 68.3 cm³/mol. The molecule has 0 aliphatic heterocycles. The Bertz CT molecular complexity index is 453. The van der Waals surface area contributed by atoms with E-state index in [-0.39, 0.29) is 30.9 Å². The van der Waals surface area contributed by atoms with Crippen LogP contribution in [-0.4, -0.2) is 11.9 Å². The van der Waals surface area contributed by atoms with E-state index < -0.39 is 5.79 Å². The van der Waals surface area contributed by atoms with Crippen LogP contribution in [0, 0.1) is 0 Å². The molecule has 0 amide bonds. The number of ether oxygens (including phenoxy) is 2. The van der Waals surface area contributed by atoms with E-state index in [0.29, 0.717) is 0 Å². The third-order valence-electron chi connectivity index (χ3n) is 3.06. The molecular formula is C15H19Cl2O2Ti. The van der Waals surface area contributed by atoms with Gasteiger partial charge in [-0.25, -0.2) is 0 Å². The molecule has 0 saturated carbocycles. The molecule has 1 atom stereocenters. The smallest absolute Gasteiger partial charge is 1.00 e. The summed E-state index contributed by atoms with van der Waals surface area (Å²) in [7, 11) is 0. The summed E-state index contributed by atoms with van der Waals surface area (Å²) >= 11 is 2.11. The van der Waals surface area contributed by atoms with Gasteiger partial charge in [0.25, 0.3) is 0 Å². The van der Waals surface area contributed by atoms with Crippen LogP contribution in [0.15, 0.2) is 45.6 Å². The van der Waals surface area contributed by atoms with Crippen molar-refractivity contribution in [3.05, 3.63) is 45.6 Å². The van der Waals surface area contributed by atoms with E-state index in [9.17, 15) is 0 Å². The number of halogens is 2. The van der Waals surface area contributed by atoms with Crippen LogP contribution in [-0.2, 0) is 29.9 Å². The van der Waals surface area contributed by atoms with Crippen molar-refractivity contribution >= 4 is 0 Å². The van der Waals surface area contributed by atoms with Crippen LogP contribution in [0.4, 0.5) is 0 Å². The van der Waals surface area contributed by atoms with E-state index >= 15 is 0 Å². The normalized spacial score (nSPS) is 24.4. The molecule has 109 valence electrons. The monoisotopic (exact) mass is 349 g/mol. The topological polar surface area (TPSA) is 18.5 Å². The molecule has 1 unspecified atom stereocenters. The molecule has 2 nitrogen and oxygen atoms in total. The summed E-state index contributed by atoms with van der Waals surface area (Å²) in [6.07, 6.45) is 12.3. The minimum atomic E-state index is -0.631. The van der Waals surface area contributed by atoms with Gasteiger partial charge in [-0.2, -0.15) is 0 Å². The van der Waals surface area contributed by atoms with Gasteiger partial charge >= 0.3 is 121 Å². The zero-order chi connectivity index (χ0) is 13.2.